The van der Waals surface area contributed by atoms with Gasteiger partial charge in [0.15, 0.2) is 11.5 Å². The molecule has 2 aromatic rings. The van der Waals surface area contributed by atoms with Crippen LogP contribution in [0.4, 0.5) is 5.69 Å². The van der Waals surface area contributed by atoms with Crippen LogP contribution in [0, 0.1) is 5.92 Å². The fourth-order valence-electron chi connectivity index (χ4n) is 3.64. The number of halogens is 2. The molecule has 2 aliphatic rings. The molecule has 0 aliphatic carbocycles. The van der Waals surface area contributed by atoms with Crippen LogP contribution in [-0.2, 0) is 16.1 Å². The van der Waals surface area contributed by atoms with E-state index in [2.05, 4.69) is 0 Å². The van der Waals surface area contributed by atoms with Crippen LogP contribution in [0.15, 0.2) is 36.4 Å². The predicted octanol–water partition coefficient (Wildman–Crippen LogP) is 3.78. The second kappa shape index (κ2) is 8.13. The third-order valence-electron chi connectivity index (χ3n) is 5.13. The molecule has 0 bridgehead atoms. The lowest BCUT2D eigenvalue weighted by molar-refractivity contribution is -0.135. The zero-order valence-corrected chi connectivity index (χ0v) is 17.4. The third kappa shape index (κ3) is 4.00. The van der Waals surface area contributed by atoms with Gasteiger partial charge in [0, 0.05) is 38.3 Å². The first-order valence-electron chi connectivity index (χ1n) is 9.32. The fourth-order valence-corrected chi connectivity index (χ4v) is 4.02. The first kappa shape index (κ1) is 19.9. The Morgan fingerprint density at radius 2 is 1.93 bits per heavy atom. The van der Waals surface area contributed by atoms with Crippen molar-refractivity contribution >= 4 is 40.7 Å². The van der Waals surface area contributed by atoms with Gasteiger partial charge in [0.1, 0.15) is 13.2 Å². The normalized spacial score (nSPS) is 18.1. The van der Waals surface area contributed by atoms with Crippen LogP contribution >= 0.6 is 23.2 Å². The van der Waals surface area contributed by atoms with Crippen LogP contribution in [-0.4, -0.2) is 43.5 Å². The first-order valence-corrected chi connectivity index (χ1v) is 10.1. The summed E-state index contributed by atoms with van der Waals surface area (Å²) in [5, 5.41) is 0.889. The van der Waals surface area contributed by atoms with Gasteiger partial charge >= 0.3 is 0 Å². The zero-order chi connectivity index (χ0) is 20.5. The van der Waals surface area contributed by atoms with Crippen molar-refractivity contribution in [1.29, 1.82) is 0 Å². The highest BCUT2D eigenvalue weighted by atomic mass is 35.5. The number of hydrogen-bond acceptors (Lipinski definition) is 4. The van der Waals surface area contributed by atoms with Crippen molar-refractivity contribution in [2.75, 3.05) is 31.7 Å². The molecule has 29 heavy (non-hydrogen) atoms. The van der Waals surface area contributed by atoms with Crippen molar-refractivity contribution in [2.45, 2.75) is 13.0 Å². The molecule has 2 aliphatic heterocycles. The lowest BCUT2D eigenvalue weighted by atomic mass is 10.1. The first-order chi connectivity index (χ1) is 13.9. The number of nitrogens with zero attached hydrogens (tertiary/aromatic N) is 2. The Kier molecular flexibility index (Phi) is 5.56. The molecule has 2 aromatic carbocycles. The van der Waals surface area contributed by atoms with Gasteiger partial charge in [-0.05, 0) is 23.8 Å². The molecule has 4 rings (SSSR count). The van der Waals surface area contributed by atoms with Gasteiger partial charge in [-0.1, -0.05) is 35.3 Å². The number of carbonyl (C=O) groups is 2. The van der Waals surface area contributed by atoms with Crippen molar-refractivity contribution in [3.8, 4) is 11.5 Å². The maximum Gasteiger partial charge on any atom is 0.228 e. The van der Waals surface area contributed by atoms with E-state index in [0.717, 1.165) is 5.56 Å². The van der Waals surface area contributed by atoms with Gasteiger partial charge in [-0.25, -0.2) is 0 Å². The number of anilines is 1. The summed E-state index contributed by atoms with van der Waals surface area (Å²) in [6, 6.07) is 10.7. The highest BCUT2D eigenvalue weighted by molar-refractivity contribution is 6.42. The van der Waals surface area contributed by atoms with Crippen molar-refractivity contribution in [3.05, 3.63) is 52.0 Å². The third-order valence-corrected chi connectivity index (χ3v) is 5.99. The highest BCUT2D eigenvalue weighted by Crippen LogP contribution is 2.36. The number of ether oxygens (including phenoxy) is 2. The Bertz CT molecular complexity index is 966. The Balaban J connectivity index is 1.45. The molecular weight excluding hydrogens is 415 g/mol. The van der Waals surface area contributed by atoms with Crippen molar-refractivity contribution in [2.24, 2.45) is 5.92 Å². The van der Waals surface area contributed by atoms with E-state index >= 15 is 0 Å². The number of rotatable bonds is 4. The van der Waals surface area contributed by atoms with E-state index in [9.17, 15) is 9.59 Å². The van der Waals surface area contributed by atoms with E-state index in [1.165, 1.54) is 0 Å². The van der Waals surface area contributed by atoms with Gasteiger partial charge < -0.3 is 19.3 Å². The molecule has 0 saturated carbocycles. The largest absolute Gasteiger partial charge is 0.486 e. The molecule has 1 fully saturated rings. The summed E-state index contributed by atoms with van der Waals surface area (Å²) in [4.78, 5) is 28.7. The van der Waals surface area contributed by atoms with E-state index in [0.29, 0.717) is 53.5 Å². The highest BCUT2D eigenvalue weighted by Gasteiger charge is 2.37. The Morgan fingerprint density at radius 1 is 1.17 bits per heavy atom. The molecule has 0 N–H and O–H groups in total. The fraction of sp³-hybridized carbons (Fsp3) is 0.333. The molecule has 0 spiro atoms. The average Bonchev–Trinajstić information content (AvgIpc) is 3.12. The quantitative estimate of drug-likeness (QED) is 0.734. The summed E-state index contributed by atoms with van der Waals surface area (Å²) in [5.74, 6) is 0.670. The number of benzene rings is 2. The van der Waals surface area contributed by atoms with Gasteiger partial charge in [0.05, 0.1) is 16.0 Å². The van der Waals surface area contributed by atoms with E-state index in [4.69, 9.17) is 32.7 Å². The molecular formula is C21H20Cl2N2O4. The Morgan fingerprint density at radius 3 is 2.72 bits per heavy atom. The van der Waals surface area contributed by atoms with Crippen LogP contribution < -0.4 is 14.4 Å². The summed E-state index contributed by atoms with van der Waals surface area (Å²) >= 11 is 12.3. The number of carbonyl (C=O) groups excluding carboxylic acids is 2. The van der Waals surface area contributed by atoms with Crippen molar-refractivity contribution < 1.29 is 19.1 Å². The standard InChI is InChI=1S/C21H20Cl2N2O4/c1-24(11-13-3-2-4-16(22)20(13)23)21(27)14-9-19(26)25(12-14)15-5-6-17-18(10-15)29-8-7-28-17/h2-6,10,14H,7-9,11-12H2,1H3. The lowest BCUT2D eigenvalue weighted by Gasteiger charge is -2.23. The maximum atomic E-state index is 12.9. The molecule has 1 unspecified atom stereocenters. The van der Waals surface area contributed by atoms with Gasteiger partial charge in [0.25, 0.3) is 0 Å². The molecule has 0 radical (unpaired) electrons. The van der Waals surface area contributed by atoms with Crippen LogP contribution in [0.3, 0.4) is 0 Å². The van der Waals surface area contributed by atoms with Gasteiger partial charge in [-0.2, -0.15) is 0 Å². The molecule has 2 heterocycles. The lowest BCUT2D eigenvalue weighted by Crippen LogP contribution is -2.34. The molecule has 2 amide bonds. The molecule has 152 valence electrons. The number of fused-ring (bicyclic) bond motifs is 1. The Labute approximate surface area is 178 Å². The zero-order valence-electron chi connectivity index (χ0n) is 15.9. The van der Waals surface area contributed by atoms with Gasteiger partial charge in [-0.15, -0.1) is 0 Å². The topological polar surface area (TPSA) is 59.1 Å². The van der Waals surface area contributed by atoms with E-state index in [1.807, 2.05) is 12.1 Å². The minimum absolute atomic E-state index is 0.0887. The van der Waals surface area contributed by atoms with Crippen molar-refractivity contribution in [3.63, 3.8) is 0 Å². The van der Waals surface area contributed by atoms with Crippen LogP contribution in [0.2, 0.25) is 10.0 Å². The van der Waals surface area contributed by atoms with E-state index in [-0.39, 0.29) is 18.2 Å². The average molecular weight is 435 g/mol. The Hall–Kier alpha value is -2.44. The summed E-state index contributed by atoms with van der Waals surface area (Å²) in [6.45, 7) is 1.63. The maximum absolute atomic E-state index is 12.9. The monoisotopic (exact) mass is 434 g/mol. The minimum atomic E-state index is -0.418. The van der Waals surface area contributed by atoms with E-state index < -0.39 is 5.92 Å². The smallest absolute Gasteiger partial charge is 0.228 e. The van der Waals surface area contributed by atoms with Crippen molar-refractivity contribution in [1.82, 2.24) is 4.90 Å². The van der Waals surface area contributed by atoms with E-state index in [1.54, 1.807) is 41.1 Å². The van der Waals surface area contributed by atoms with Crippen LogP contribution in [0.1, 0.15) is 12.0 Å². The molecule has 8 heteroatoms. The molecule has 0 aromatic heterocycles. The summed E-state index contributed by atoms with van der Waals surface area (Å²) in [7, 11) is 1.71. The van der Waals surface area contributed by atoms with Gasteiger partial charge in [-0.3, -0.25) is 9.59 Å². The minimum Gasteiger partial charge on any atom is -0.486 e. The second-order valence-corrected chi connectivity index (χ2v) is 7.93. The number of hydrogen-bond donors (Lipinski definition) is 0. The summed E-state index contributed by atoms with van der Waals surface area (Å²) in [5.41, 5.74) is 1.47. The summed E-state index contributed by atoms with van der Waals surface area (Å²) in [6.07, 6.45) is 0.168. The van der Waals surface area contributed by atoms with Crippen LogP contribution in [0.25, 0.3) is 0 Å². The molecule has 1 saturated heterocycles. The molecule has 6 nitrogen and oxygen atoms in total. The number of amides is 2. The van der Waals surface area contributed by atoms with Gasteiger partial charge in [0.2, 0.25) is 11.8 Å². The van der Waals surface area contributed by atoms with Crippen LogP contribution in [0.5, 0.6) is 11.5 Å². The second-order valence-electron chi connectivity index (χ2n) is 7.14. The molecule has 1 atom stereocenters. The SMILES string of the molecule is CN(Cc1cccc(Cl)c1Cl)C(=O)C1CC(=O)N(c2ccc3c(c2)OCCO3)C1. The summed E-state index contributed by atoms with van der Waals surface area (Å²) < 4.78 is 11.1. The predicted molar refractivity (Wildman–Crippen MR) is 111 cm³/mol.